The molecule has 0 unspecified atom stereocenters. The summed E-state index contributed by atoms with van der Waals surface area (Å²) in [7, 11) is 0. The molecule has 24 heavy (non-hydrogen) atoms. The third-order valence-electron chi connectivity index (χ3n) is 4.52. The summed E-state index contributed by atoms with van der Waals surface area (Å²) in [6.07, 6.45) is 1.83. The fourth-order valence-electron chi connectivity index (χ4n) is 2.83. The van der Waals surface area contributed by atoms with Crippen molar-refractivity contribution in [2.75, 3.05) is 31.5 Å². The average Bonchev–Trinajstić information content (AvgIpc) is 3.38. The lowest BCUT2D eigenvalue weighted by Crippen LogP contribution is -2.52. The summed E-state index contributed by atoms with van der Waals surface area (Å²) >= 11 is 11.9. The average molecular weight is 370 g/mol. The lowest BCUT2D eigenvalue weighted by molar-refractivity contribution is -0.144. The highest BCUT2D eigenvalue weighted by molar-refractivity contribution is 6.36. The number of hydrogen-bond acceptors (Lipinski definition) is 3. The Labute approximate surface area is 149 Å². The van der Waals surface area contributed by atoms with E-state index in [-0.39, 0.29) is 11.8 Å². The number of nitrogens with one attached hydrogen (secondary N) is 1. The second-order valence-corrected chi connectivity index (χ2v) is 6.94. The van der Waals surface area contributed by atoms with Crippen LogP contribution < -0.4 is 5.32 Å². The van der Waals surface area contributed by atoms with Gasteiger partial charge >= 0.3 is 0 Å². The molecule has 3 amide bonds. The zero-order chi connectivity index (χ0) is 17.3. The minimum Gasteiger partial charge on any atom is -0.342 e. The molecule has 2 aliphatic rings. The van der Waals surface area contributed by atoms with Gasteiger partial charge in [0.25, 0.3) is 0 Å². The molecule has 1 aromatic rings. The van der Waals surface area contributed by atoms with Gasteiger partial charge in [-0.1, -0.05) is 23.2 Å². The fourth-order valence-corrected chi connectivity index (χ4v) is 3.28. The van der Waals surface area contributed by atoms with E-state index in [1.54, 1.807) is 28.0 Å². The molecule has 1 N–H and O–H groups in total. The number of amides is 3. The maximum Gasteiger partial charge on any atom is 0.240 e. The van der Waals surface area contributed by atoms with Gasteiger partial charge in [-0.3, -0.25) is 14.4 Å². The quantitative estimate of drug-likeness (QED) is 0.651. The Hall–Kier alpha value is -1.79. The number of halogens is 2. The van der Waals surface area contributed by atoms with E-state index in [1.807, 2.05) is 0 Å². The zero-order valence-corrected chi connectivity index (χ0v) is 14.4. The molecule has 3 rings (SSSR count). The van der Waals surface area contributed by atoms with E-state index in [0.717, 1.165) is 6.41 Å². The van der Waals surface area contributed by atoms with E-state index in [4.69, 9.17) is 23.2 Å². The van der Waals surface area contributed by atoms with Gasteiger partial charge in [0.1, 0.15) is 5.41 Å². The fraction of sp³-hybridized carbons (Fsp3) is 0.438. The Morgan fingerprint density at radius 3 is 2.33 bits per heavy atom. The van der Waals surface area contributed by atoms with Crippen molar-refractivity contribution < 1.29 is 14.4 Å². The Morgan fingerprint density at radius 1 is 1.12 bits per heavy atom. The molecule has 8 heteroatoms. The molecule has 1 aliphatic heterocycles. The van der Waals surface area contributed by atoms with E-state index >= 15 is 0 Å². The van der Waals surface area contributed by atoms with Crippen LogP contribution in [0, 0.1) is 5.41 Å². The first-order chi connectivity index (χ1) is 11.5. The molecule has 0 bridgehead atoms. The first-order valence-electron chi connectivity index (χ1n) is 7.71. The monoisotopic (exact) mass is 369 g/mol. The second-order valence-electron chi connectivity index (χ2n) is 6.09. The molecule has 0 radical (unpaired) electrons. The van der Waals surface area contributed by atoms with Gasteiger partial charge in [-0.05, 0) is 31.0 Å². The Bertz CT molecular complexity index is 683. The Morgan fingerprint density at radius 2 is 1.79 bits per heavy atom. The van der Waals surface area contributed by atoms with E-state index < -0.39 is 5.41 Å². The molecular formula is C16H17Cl2N3O3. The summed E-state index contributed by atoms with van der Waals surface area (Å²) < 4.78 is 0. The van der Waals surface area contributed by atoms with Gasteiger partial charge in [-0.2, -0.15) is 0 Å². The summed E-state index contributed by atoms with van der Waals surface area (Å²) in [6, 6.07) is 4.79. The SMILES string of the molecule is O=CN1CCN(C(=O)C2(C(=O)Nc3ccc(Cl)cc3Cl)CC2)CC1. The van der Waals surface area contributed by atoms with E-state index in [2.05, 4.69) is 5.32 Å². The van der Waals surface area contributed by atoms with Crippen LogP contribution in [0.5, 0.6) is 0 Å². The summed E-state index contributed by atoms with van der Waals surface area (Å²) in [5, 5.41) is 3.54. The normalized spacial score (nSPS) is 18.9. The highest BCUT2D eigenvalue weighted by atomic mass is 35.5. The molecule has 6 nitrogen and oxygen atoms in total. The van der Waals surface area contributed by atoms with Crippen molar-refractivity contribution in [2.45, 2.75) is 12.8 Å². The Balaban J connectivity index is 1.68. The predicted molar refractivity (Wildman–Crippen MR) is 91.0 cm³/mol. The zero-order valence-electron chi connectivity index (χ0n) is 12.9. The van der Waals surface area contributed by atoms with Crippen molar-refractivity contribution in [1.29, 1.82) is 0 Å². The third kappa shape index (κ3) is 3.21. The second kappa shape index (κ2) is 6.61. The van der Waals surface area contributed by atoms with Gasteiger partial charge in [-0.15, -0.1) is 0 Å². The number of carbonyl (C=O) groups is 3. The van der Waals surface area contributed by atoms with Crippen LogP contribution in [0.25, 0.3) is 0 Å². The molecule has 1 heterocycles. The third-order valence-corrected chi connectivity index (χ3v) is 5.07. The van der Waals surface area contributed by atoms with Gasteiger partial charge in [0.15, 0.2) is 0 Å². The van der Waals surface area contributed by atoms with Crippen LogP contribution in [0.4, 0.5) is 5.69 Å². The van der Waals surface area contributed by atoms with Gasteiger partial charge in [-0.25, -0.2) is 0 Å². The number of benzene rings is 1. The van der Waals surface area contributed by atoms with Crippen LogP contribution in [0.15, 0.2) is 18.2 Å². The molecule has 0 atom stereocenters. The minimum absolute atomic E-state index is 0.171. The van der Waals surface area contributed by atoms with Gasteiger partial charge < -0.3 is 15.1 Å². The number of piperazine rings is 1. The highest BCUT2D eigenvalue weighted by Gasteiger charge is 2.58. The van der Waals surface area contributed by atoms with Gasteiger partial charge in [0.2, 0.25) is 18.2 Å². The molecule has 0 aromatic heterocycles. The van der Waals surface area contributed by atoms with Gasteiger partial charge in [0.05, 0.1) is 10.7 Å². The number of nitrogens with zero attached hydrogens (tertiary/aromatic N) is 2. The number of rotatable bonds is 4. The van der Waals surface area contributed by atoms with Crippen molar-refractivity contribution in [3.63, 3.8) is 0 Å². The summed E-state index contributed by atoms with van der Waals surface area (Å²) in [5.74, 6) is -0.509. The summed E-state index contributed by atoms with van der Waals surface area (Å²) in [4.78, 5) is 39.4. The predicted octanol–water partition coefficient (Wildman–Crippen LogP) is 2.01. The molecular weight excluding hydrogens is 353 g/mol. The minimum atomic E-state index is -1.01. The molecule has 1 aliphatic carbocycles. The number of carbonyl (C=O) groups excluding carboxylic acids is 3. The van der Waals surface area contributed by atoms with Crippen molar-refractivity contribution in [3.8, 4) is 0 Å². The van der Waals surface area contributed by atoms with Crippen LogP contribution in [-0.4, -0.2) is 54.2 Å². The van der Waals surface area contributed by atoms with Crippen molar-refractivity contribution in [3.05, 3.63) is 28.2 Å². The number of anilines is 1. The Kier molecular flexibility index (Phi) is 4.69. The van der Waals surface area contributed by atoms with Crippen LogP contribution >= 0.6 is 23.2 Å². The first-order valence-corrected chi connectivity index (χ1v) is 8.47. The maximum absolute atomic E-state index is 12.8. The highest BCUT2D eigenvalue weighted by Crippen LogP contribution is 2.48. The number of hydrogen-bond donors (Lipinski definition) is 1. The van der Waals surface area contributed by atoms with Crippen molar-refractivity contribution in [2.24, 2.45) is 5.41 Å². The first kappa shape index (κ1) is 17.0. The van der Waals surface area contributed by atoms with Crippen molar-refractivity contribution in [1.82, 2.24) is 9.80 Å². The molecule has 1 aromatic carbocycles. The topological polar surface area (TPSA) is 69.7 Å². The van der Waals surface area contributed by atoms with E-state index in [9.17, 15) is 14.4 Å². The van der Waals surface area contributed by atoms with Crippen LogP contribution in [0.3, 0.4) is 0 Å². The largest absolute Gasteiger partial charge is 0.342 e. The van der Waals surface area contributed by atoms with Crippen LogP contribution in [0.1, 0.15) is 12.8 Å². The van der Waals surface area contributed by atoms with Crippen LogP contribution in [0.2, 0.25) is 10.0 Å². The standard InChI is InChI=1S/C16H17Cl2N3O3/c17-11-1-2-13(12(18)9-11)19-14(23)16(3-4-16)15(24)21-7-5-20(10-22)6-8-21/h1-2,9-10H,3-8H2,(H,19,23). The maximum atomic E-state index is 12.8. The smallest absolute Gasteiger partial charge is 0.240 e. The van der Waals surface area contributed by atoms with E-state index in [0.29, 0.717) is 54.8 Å². The summed E-state index contributed by atoms with van der Waals surface area (Å²) in [5.41, 5.74) is -0.567. The lowest BCUT2D eigenvalue weighted by Gasteiger charge is -2.34. The van der Waals surface area contributed by atoms with Crippen molar-refractivity contribution >= 4 is 47.1 Å². The molecule has 128 valence electrons. The van der Waals surface area contributed by atoms with Crippen LogP contribution in [-0.2, 0) is 14.4 Å². The van der Waals surface area contributed by atoms with E-state index in [1.165, 1.54) is 0 Å². The molecule has 1 saturated carbocycles. The lowest BCUT2D eigenvalue weighted by atomic mass is 10.0. The molecule has 0 spiro atoms. The summed E-state index contributed by atoms with van der Waals surface area (Å²) in [6.45, 7) is 1.90. The molecule has 2 fully saturated rings. The molecule has 1 saturated heterocycles. The van der Waals surface area contributed by atoms with Gasteiger partial charge in [0, 0.05) is 31.2 Å².